The maximum absolute atomic E-state index is 11.9. The summed E-state index contributed by atoms with van der Waals surface area (Å²) < 4.78 is 0. The van der Waals surface area contributed by atoms with Crippen molar-refractivity contribution in [1.29, 1.82) is 0 Å². The molecule has 2 aromatic rings. The molecule has 0 aliphatic rings. The Morgan fingerprint density at radius 2 is 1.83 bits per heavy atom. The fourth-order valence-corrected chi connectivity index (χ4v) is 2.07. The molecule has 3 nitrogen and oxygen atoms in total. The number of nitrogens with one attached hydrogen (secondary N) is 2. The largest absolute Gasteiger partial charge is 0.383 e. The molecule has 3 heteroatoms. The third-order valence-electron chi connectivity index (χ3n) is 2.95. The lowest BCUT2D eigenvalue weighted by Crippen LogP contribution is -2.14. The van der Waals surface area contributed by atoms with Crippen LogP contribution in [0.2, 0.25) is 0 Å². The number of rotatable bonds is 3. The Labute approximate surface area is 107 Å². The van der Waals surface area contributed by atoms with Crippen molar-refractivity contribution in [2.75, 3.05) is 5.32 Å². The number of hydrogen-bond donors (Lipinski definition) is 2. The van der Waals surface area contributed by atoms with E-state index in [2.05, 4.69) is 24.1 Å². The van der Waals surface area contributed by atoms with Gasteiger partial charge < -0.3 is 10.3 Å². The molecule has 1 aromatic heterocycles. The minimum Gasteiger partial charge on any atom is -0.383 e. The maximum atomic E-state index is 11.9. The van der Waals surface area contributed by atoms with Gasteiger partial charge in [0.05, 0.1) is 5.52 Å². The highest BCUT2D eigenvalue weighted by Gasteiger charge is 2.07. The lowest BCUT2D eigenvalue weighted by atomic mass is 10.0. The van der Waals surface area contributed by atoms with E-state index in [4.69, 9.17) is 0 Å². The fraction of sp³-hybridized carbons (Fsp3) is 0.400. The van der Waals surface area contributed by atoms with Crippen LogP contribution in [0.15, 0.2) is 29.1 Å². The van der Waals surface area contributed by atoms with Crippen LogP contribution in [0, 0.1) is 0 Å². The van der Waals surface area contributed by atoms with Gasteiger partial charge in [0.1, 0.15) is 0 Å². The number of anilines is 1. The molecule has 18 heavy (non-hydrogen) atoms. The van der Waals surface area contributed by atoms with E-state index in [0.717, 1.165) is 22.2 Å². The van der Waals surface area contributed by atoms with E-state index in [1.54, 1.807) is 0 Å². The third kappa shape index (κ3) is 2.55. The summed E-state index contributed by atoms with van der Waals surface area (Å²) >= 11 is 0. The first-order valence-corrected chi connectivity index (χ1v) is 6.41. The van der Waals surface area contributed by atoms with E-state index in [0.29, 0.717) is 6.04 Å². The molecule has 0 spiro atoms. The van der Waals surface area contributed by atoms with Crippen molar-refractivity contribution >= 4 is 16.6 Å². The second kappa shape index (κ2) is 4.84. The van der Waals surface area contributed by atoms with Gasteiger partial charge in [-0.3, -0.25) is 4.79 Å². The average Bonchev–Trinajstić information content (AvgIpc) is 2.26. The van der Waals surface area contributed by atoms with Crippen molar-refractivity contribution in [1.82, 2.24) is 4.98 Å². The second-order valence-corrected chi connectivity index (χ2v) is 5.31. The summed E-state index contributed by atoms with van der Waals surface area (Å²) in [5, 5.41) is 4.41. The summed E-state index contributed by atoms with van der Waals surface area (Å²) in [6, 6.07) is 8.44. The predicted molar refractivity (Wildman–Crippen MR) is 77.4 cm³/mol. The summed E-state index contributed by atoms with van der Waals surface area (Å²) in [5.74, 6) is 0.242. The first kappa shape index (κ1) is 12.7. The van der Waals surface area contributed by atoms with Crippen LogP contribution in [0.4, 0.5) is 5.69 Å². The van der Waals surface area contributed by atoms with E-state index < -0.39 is 0 Å². The number of benzene rings is 1. The van der Waals surface area contributed by atoms with E-state index in [1.165, 1.54) is 0 Å². The zero-order valence-corrected chi connectivity index (χ0v) is 11.4. The summed E-state index contributed by atoms with van der Waals surface area (Å²) in [5.41, 5.74) is 2.77. The summed E-state index contributed by atoms with van der Waals surface area (Å²) in [6.45, 7) is 8.25. The Hall–Kier alpha value is -1.77. The van der Waals surface area contributed by atoms with Crippen molar-refractivity contribution < 1.29 is 0 Å². The smallest absolute Gasteiger partial charge is 0.251 e. The monoisotopic (exact) mass is 244 g/mol. The van der Waals surface area contributed by atoms with Crippen molar-refractivity contribution in [3.63, 3.8) is 0 Å². The molecule has 1 aromatic carbocycles. The van der Waals surface area contributed by atoms with E-state index >= 15 is 0 Å². The molecule has 0 saturated carbocycles. The number of aromatic nitrogens is 1. The van der Waals surface area contributed by atoms with Crippen LogP contribution in [0.1, 0.15) is 39.2 Å². The van der Waals surface area contributed by atoms with Gasteiger partial charge in [-0.1, -0.05) is 19.9 Å². The van der Waals surface area contributed by atoms with Gasteiger partial charge in [-0.15, -0.1) is 0 Å². The highest BCUT2D eigenvalue weighted by atomic mass is 16.1. The standard InChI is InChI=1S/C15H20N2O/c1-9(2)13-7-11-5-6-12(16-10(3)4)8-14(11)17-15(13)18/h5-10,16H,1-4H3,(H,17,18). The number of pyridine rings is 1. The van der Waals surface area contributed by atoms with Crippen LogP contribution in [-0.4, -0.2) is 11.0 Å². The second-order valence-electron chi connectivity index (χ2n) is 5.31. The van der Waals surface area contributed by atoms with Gasteiger partial charge in [-0.2, -0.15) is 0 Å². The van der Waals surface area contributed by atoms with Gasteiger partial charge in [0.2, 0.25) is 0 Å². The van der Waals surface area contributed by atoms with Crippen LogP contribution in [-0.2, 0) is 0 Å². The Bertz CT molecular complexity index is 611. The molecule has 0 aliphatic carbocycles. The number of aromatic amines is 1. The van der Waals surface area contributed by atoms with Crippen molar-refractivity contribution in [3.05, 3.63) is 40.2 Å². The number of H-pyrrole nitrogens is 1. The Morgan fingerprint density at radius 3 is 2.44 bits per heavy atom. The summed E-state index contributed by atoms with van der Waals surface area (Å²) in [7, 11) is 0. The SMILES string of the molecule is CC(C)Nc1ccc2cc(C(C)C)c(=O)[nH]c2c1. The number of fused-ring (bicyclic) bond motifs is 1. The van der Waals surface area contributed by atoms with Gasteiger partial charge in [-0.25, -0.2) is 0 Å². The van der Waals surface area contributed by atoms with Crippen LogP contribution < -0.4 is 10.9 Å². The summed E-state index contributed by atoms with van der Waals surface area (Å²) in [6.07, 6.45) is 0. The normalized spacial score (nSPS) is 11.4. The first-order chi connectivity index (χ1) is 8.47. The highest BCUT2D eigenvalue weighted by molar-refractivity contribution is 5.82. The number of hydrogen-bond acceptors (Lipinski definition) is 2. The molecule has 0 radical (unpaired) electrons. The molecular weight excluding hydrogens is 224 g/mol. The molecular formula is C15H20N2O. The topological polar surface area (TPSA) is 44.9 Å². The van der Waals surface area contributed by atoms with Crippen molar-refractivity contribution in [2.24, 2.45) is 0 Å². The lowest BCUT2D eigenvalue weighted by Gasteiger charge is -2.11. The van der Waals surface area contributed by atoms with Crippen LogP contribution in [0.3, 0.4) is 0 Å². The van der Waals surface area contributed by atoms with E-state index in [-0.39, 0.29) is 11.5 Å². The highest BCUT2D eigenvalue weighted by Crippen LogP contribution is 2.20. The minimum absolute atomic E-state index is 0.0131. The zero-order valence-electron chi connectivity index (χ0n) is 11.4. The summed E-state index contributed by atoms with van der Waals surface area (Å²) in [4.78, 5) is 14.9. The molecule has 96 valence electrons. The van der Waals surface area contributed by atoms with Crippen LogP contribution in [0.25, 0.3) is 10.9 Å². The van der Waals surface area contributed by atoms with Crippen LogP contribution in [0.5, 0.6) is 0 Å². The molecule has 0 saturated heterocycles. The van der Waals surface area contributed by atoms with Gasteiger partial charge in [0, 0.05) is 17.3 Å². The molecule has 0 aliphatic heterocycles. The molecule has 0 unspecified atom stereocenters. The zero-order chi connectivity index (χ0) is 13.3. The molecule has 0 fully saturated rings. The van der Waals surface area contributed by atoms with Gasteiger partial charge in [0.15, 0.2) is 0 Å². The van der Waals surface area contributed by atoms with Gasteiger partial charge >= 0.3 is 0 Å². The molecule has 0 atom stereocenters. The third-order valence-corrected chi connectivity index (χ3v) is 2.95. The van der Waals surface area contributed by atoms with Crippen LogP contribution >= 0.6 is 0 Å². The Kier molecular flexibility index (Phi) is 3.41. The van der Waals surface area contributed by atoms with E-state index in [9.17, 15) is 4.79 Å². The quantitative estimate of drug-likeness (QED) is 0.868. The molecule has 1 heterocycles. The molecule has 2 N–H and O–H groups in total. The predicted octanol–water partition coefficient (Wildman–Crippen LogP) is 3.47. The fourth-order valence-electron chi connectivity index (χ4n) is 2.07. The molecule has 0 bridgehead atoms. The lowest BCUT2D eigenvalue weighted by molar-refractivity contribution is 0.849. The minimum atomic E-state index is 0.0131. The molecule has 0 amide bonds. The maximum Gasteiger partial charge on any atom is 0.251 e. The first-order valence-electron chi connectivity index (χ1n) is 6.41. The average molecular weight is 244 g/mol. The van der Waals surface area contributed by atoms with Gasteiger partial charge in [-0.05, 0) is 43.4 Å². The van der Waals surface area contributed by atoms with Gasteiger partial charge in [0.25, 0.3) is 5.56 Å². The van der Waals surface area contributed by atoms with E-state index in [1.807, 2.05) is 38.1 Å². The molecule has 2 rings (SSSR count). The van der Waals surface area contributed by atoms with Crippen molar-refractivity contribution in [2.45, 2.75) is 39.7 Å². The van der Waals surface area contributed by atoms with Crippen molar-refractivity contribution in [3.8, 4) is 0 Å². The Morgan fingerprint density at radius 1 is 1.11 bits per heavy atom. The Balaban J connectivity index is 2.52.